The minimum Gasteiger partial charge on any atom is -0.497 e. The Labute approximate surface area is 216 Å². The lowest BCUT2D eigenvalue weighted by molar-refractivity contribution is -0.129. The second-order valence-electron chi connectivity index (χ2n) is 8.84. The third-order valence-corrected chi connectivity index (χ3v) is 6.29. The van der Waals surface area contributed by atoms with E-state index in [0.717, 1.165) is 47.0 Å². The molecular weight excluding hydrogens is 468 g/mol. The molecule has 4 aromatic rings. The zero-order valence-corrected chi connectivity index (χ0v) is 20.9. The number of ether oxygens (including phenoxy) is 1. The van der Waals surface area contributed by atoms with Gasteiger partial charge in [-0.2, -0.15) is 0 Å². The van der Waals surface area contributed by atoms with Crippen LogP contribution in [0.1, 0.15) is 32.1 Å². The molecule has 0 spiro atoms. The van der Waals surface area contributed by atoms with Crippen molar-refractivity contribution in [3.63, 3.8) is 0 Å². The lowest BCUT2D eigenvalue weighted by Gasteiger charge is -2.24. The maximum atomic E-state index is 13.3. The van der Waals surface area contributed by atoms with Gasteiger partial charge in [0.25, 0.3) is 0 Å². The highest BCUT2D eigenvalue weighted by Crippen LogP contribution is 2.27. The second-order valence-corrected chi connectivity index (χ2v) is 8.84. The van der Waals surface area contributed by atoms with Crippen LogP contribution < -0.4 is 20.4 Å². The number of hydrogen-bond donors (Lipinski definition) is 4. The van der Waals surface area contributed by atoms with Gasteiger partial charge in [0, 0.05) is 42.1 Å². The van der Waals surface area contributed by atoms with E-state index in [9.17, 15) is 9.59 Å². The number of aromatic nitrogens is 1. The average Bonchev–Trinajstić information content (AvgIpc) is 3.41. The van der Waals surface area contributed by atoms with Crippen molar-refractivity contribution in [2.75, 3.05) is 23.9 Å². The van der Waals surface area contributed by atoms with Crippen molar-refractivity contribution in [1.82, 2.24) is 10.5 Å². The van der Waals surface area contributed by atoms with Gasteiger partial charge in [-0.25, -0.2) is 10.3 Å². The number of benzene rings is 3. The fourth-order valence-corrected chi connectivity index (χ4v) is 4.27. The highest BCUT2D eigenvalue weighted by molar-refractivity contribution is 6.02. The number of carbonyl (C=O) groups excluding carboxylic acids is 2. The van der Waals surface area contributed by atoms with Crippen molar-refractivity contribution >= 4 is 34.2 Å². The van der Waals surface area contributed by atoms with Crippen LogP contribution in [0.4, 0.5) is 16.2 Å². The molecule has 0 saturated carbocycles. The number of nitrogens with one attached hydrogen (secondary N) is 3. The van der Waals surface area contributed by atoms with Crippen molar-refractivity contribution in [1.29, 1.82) is 0 Å². The molecule has 4 rings (SSSR count). The molecule has 0 aliphatic carbocycles. The summed E-state index contributed by atoms with van der Waals surface area (Å²) in [5.74, 6) is 0.287. The molecule has 0 bridgehead atoms. The number of H-pyrrole nitrogens is 1. The van der Waals surface area contributed by atoms with Gasteiger partial charge in [0.15, 0.2) is 0 Å². The molecule has 0 atom stereocenters. The molecule has 192 valence electrons. The molecular formula is C29H32N4O4. The highest BCUT2D eigenvalue weighted by Gasteiger charge is 2.16. The second kappa shape index (κ2) is 12.6. The molecule has 0 unspecified atom stereocenters. The van der Waals surface area contributed by atoms with Crippen LogP contribution >= 0.6 is 0 Å². The van der Waals surface area contributed by atoms with E-state index in [-0.39, 0.29) is 18.4 Å². The van der Waals surface area contributed by atoms with Gasteiger partial charge in [0.05, 0.1) is 7.11 Å². The number of methoxy groups -OCH3 is 1. The molecule has 0 fully saturated rings. The number of fused-ring (bicyclic) bond motifs is 1. The quantitative estimate of drug-likeness (QED) is 0.110. The Kier molecular flexibility index (Phi) is 8.78. The predicted molar refractivity (Wildman–Crippen MR) is 146 cm³/mol. The van der Waals surface area contributed by atoms with E-state index in [1.807, 2.05) is 54.7 Å². The first-order valence-electron chi connectivity index (χ1n) is 12.4. The predicted octanol–water partition coefficient (Wildman–Crippen LogP) is 6.34. The van der Waals surface area contributed by atoms with Gasteiger partial charge < -0.3 is 15.0 Å². The molecule has 3 amide bonds. The minimum absolute atomic E-state index is 0.228. The van der Waals surface area contributed by atoms with E-state index in [4.69, 9.17) is 9.94 Å². The van der Waals surface area contributed by atoms with Gasteiger partial charge in [0.2, 0.25) is 5.91 Å². The molecule has 0 saturated heterocycles. The van der Waals surface area contributed by atoms with Crippen molar-refractivity contribution in [3.05, 3.63) is 79.0 Å². The first kappa shape index (κ1) is 25.8. The topological polar surface area (TPSA) is 107 Å². The Morgan fingerprint density at radius 2 is 1.70 bits per heavy atom. The molecule has 8 heteroatoms. The number of unbranched alkanes of at least 4 members (excludes halogenated alkanes) is 3. The zero-order chi connectivity index (χ0) is 26.0. The Morgan fingerprint density at radius 1 is 0.919 bits per heavy atom. The number of carbonyl (C=O) groups is 2. The van der Waals surface area contributed by atoms with E-state index in [1.54, 1.807) is 23.6 Å². The van der Waals surface area contributed by atoms with Gasteiger partial charge in [-0.1, -0.05) is 43.2 Å². The smallest absolute Gasteiger partial charge is 0.326 e. The molecule has 3 aromatic carbocycles. The van der Waals surface area contributed by atoms with Gasteiger partial charge >= 0.3 is 6.03 Å². The standard InChI is InChI=1S/C29H32N4O4/c1-37-26-8-6-7-24(20-26)31-29(35)33(18-5-3-2-4-9-28(34)32-36)25-14-12-21(13-15-25)23-11-10-22-16-17-30-27(22)19-23/h6-8,10-17,19-20,30,36H,2-5,9,18H2,1H3,(H,31,35)(H,32,34). The number of hydrogen-bond acceptors (Lipinski definition) is 4. The molecule has 8 nitrogen and oxygen atoms in total. The summed E-state index contributed by atoms with van der Waals surface area (Å²) in [5.41, 5.74) is 6.35. The number of aromatic amines is 1. The normalized spacial score (nSPS) is 10.8. The highest BCUT2D eigenvalue weighted by atomic mass is 16.5. The van der Waals surface area contributed by atoms with Gasteiger partial charge in [-0.05, 0) is 65.8 Å². The van der Waals surface area contributed by atoms with Crippen LogP contribution in [-0.2, 0) is 4.79 Å². The van der Waals surface area contributed by atoms with Gasteiger partial charge in [-0.3, -0.25) is 14.9 Å². The Morgan fingerprint density at radius 3 is 2.49 bits per heavy atom. The third kappa shape index (κ3) is 6.89. The van der Waals surface area contributed by atoms with Crippen molar-refractivity contribution in [3.8, 4) is 16.9 Å². The van der Waals surface area contributed by atoms with E-state index < -0.39 is 0 Å². The SMILES string of the molecule is COc1cccc(NC(=O)N(CCCCCCC(=O)NO)c2ccc(-c3ccc4cc[nH]c4c3)cc2)c1. The number of urea groups is 1. The van der Waals surface area contributed by atoms with Crippen molar-refractivity contribution < 1.29 is 19.5 Å². The van der Waals surface area contributed by atoms with Crippen molar-refractivity contribution in [2.45, 2.75) is 32.1 Å². The average molecular weight is 501 g/mol. The molecule has 4 N–H and O–H groups in total. The summed E-state index contributed by atoms with van der Waals surface area (Å²) in [6, 6.07) is 23.4. The van der Waals surface area contributed by atoms with Crippen molar-refractivity contribution in [2.24, 2.45) is 0 Å². The van der Waals surface area contributed by atoms with E-state index in [1.165, 1.54) is 0 Å². The summed E-state index contributed by atoms with van der Waals surface area (Å²) in [5, 5.41) is 12.8. The van der Waals surface area contributed by atoms with Crippen LogP contribution in [0.5, 0.6) is 5.75 Å². The van der Waals surface area contributed by atoms with Crippen LogP contribution in [-0.4, -0.2) is 35.8 Å². The minimum atomic E-state index is -0.380. The molecule has 0 aliphatic rings. The summed E-state index contributed by atoms with van der Waals surface area (Å²) in [7, 11) is 1.59. The number of anilines is 2. The van der Waals surface area contributed by atoms with Crippen LogP contribution in [0, 0.1) is 0 Å². The fourth-order valence-electron chi connectivity index (χ4n) is 4.27. The summed E-state index contributed by atoms with van der Waals surface area (Å²) in [4.78, 5) is 29.5. The Balaban J connectivity index is 1.47. The first-order valence-corrected chi connectivity index (χ1v) is 12.4. The molecule has 1 aromatic heterocycles. The van der Waals surface area contributed by atoms with E-state index >= 15 is 0 Å². The number of nitrogens with zero attached hydrogens (tertiary/aromatic N) is 1. The summed E-state index contributed by atoms with van der Waals surface area (Å²) >= 11 is 0. The molecule has 0 aliphatic heterocycles. The van der Waals surface area contributed by atoms with Gasteiger partial charge in [0.1, 0.15) is 5.75 Å². The fraction of sp³-hybridized carbons (Fsp3) is 0.241. The lowest BCUT2D eigenvalue weighted by Crippen LogP contribution is -2.35. The van der Waals surface area contributed by atoms with Crippen LogP contribution in [0.15, 0.2) is 79.0 Å². The summed E-state index contributed by atoms with van der Waals surface area (Å²) < 4.78 is 5.27. The zero-order valence-electron chi connectivity index (χ0n) is 20.9. The van der Waals surface area contributed by atoms with E-state index in [0.29, 0.717) is 24.4 Å². The third-order valence-electron chi connectivity index (χ3n) is 6.29. The first-order chi connectivity index (χ1) is 18.1. The molecule has 1 heterocycles. The maximum absolute atomic E-state index is 13.3. The van der Waals surface area contributed by atoms with Crippen LogP contribution in [0.3, 0.4) is 0 Å². The Bertz CT molecular complexity index is 1330. The lowest BCUT2D eigenvalue weighted by atomic mass is 10.0. The summed E-state index contributed by atoms with van der Waals surface area (Å²) in [6.45, 7) is 0.524. The van der Waals surface area contributed by atoms with Gasteiger partial charge in [-0.15, -0.1) is 0 Å². The van der Waals surface area contributed by atoms with Crippen LogP contribution in [0.2, 0.25) is 0 Å². The maximum Gasteiger partial charge on any atom is 0.326 e. The molecule has 37 heavy (non-hydrogen) atoms. The van der Waals surface area contributed by atoms with Crippen LogP contribution in [0.25, 0.3) is 22.0 Å². The number of hydroxylamine groups is 1. The number of amides is 3. The monoisotopic (exact) mass is 500 g/mol. The van der Waals surface area contributed by atoms with E-state index in [2.05, 4.69) is 28.5 Å². The number of rotatable bonds is 11. The Hall–Kier alpha value is -4.30. The largest absolute Gasteiger partial charge is 0.497 e. The summed E-state index contributed by atoms with van der Waals surface area (Å²) in [6.07, 6.45) is 5.36. The molecule has 0 radical (unpaired) electrons.